The number of imidazole rings is 1. The van der Waals surface area contributed by atoms with Crippen molar-refractivity contribution >= 4 is 16.7 Å². The molecule has 15 heavy (non-hydrogen) atoms. The summed E-state index contributed by atoms with van der Waals surface area (Å²) in [5.41, 5.74) is 8.63. The van der Waals surface area contributed by atoms with E-state index in [1.54, 1.807) is 0 Å². The molecule has 0 atom stereocenters. The molecule has 2 rings (SSSR count). The first-order chi connectivity index (χ1) is 7.29. The molecule has 0 radical (unpaired) electrons. The van der Waals surface area contributed by atoms with Gasteiger partial charge in [-0.1, -0.05) is 0 Å². The van der Waals surface area contributed by atoms with Gasteiger partial charge in [0.05, 0.1) is 11.0 Å². The number of aromatic amines is 1. The molecule has 0 aliphatic rings. The number of H-pyrrole nitrogens is 1. The molecule has 0 saturated heterocycles. The second-order valence-corrected chi connectivity index (χ2v) is 3.62. The zero-order valence-corrected chi connectivity index (χ0v) is 8.88. The predicted octanol–water partition coefficient (Wildman–Crippen LogP) is 1.63. The molecule has 1 heterocycles. The van der Waals surface area contributed by atoms with Crippen LogP contribution in [-0.4, -0.2) is 23.1 Å². The Morgan fingerprint density at radius 1 is 1.47 bits per heavy atom. The normalized spacial score (nSPS) is 10.8. The first-order valence-corrected chi connectivity index (χ1v) is 5.20. The Labute approximate surface area is 88.9 Å². The van der Waals surface area contributed by atoms with Gasteiger partial charge in [-0.05, 0) is 38.1 Å². The maximum atomic E-state index is 5.43. The van der Waals surface area contributed by atoms with Crippen LogP contribution in [0.25, 0.3) is 11.0 Å². The molecule has 1 aromatic heterocycles. The van der Waals surface area contributed by atoms with E-state index < -0.39 is 0 Å². The highest BCUT2D eigenvalue weighted by Crippen LogP contribution is 2.16. The summed E-state index contributed by atoms with van der Waals surface area (Å²) in [5, 5.41) is 3.32. The fourth-order valence-electron chi connectivity index (χ4n) is 1.58. The Bertz CT molecular complexity index is 447. The quantitative estimate of drug-likeness (QED) is 0.663. The van der Waals surface area contributed by atoms with E-state index in [0.29, 0.717) is 0 Å². The molecule has 2 aromatic rings. The van der Waals surface area contributed by atoms with E-state index in [9.17, 15) is 0 Å². The summed E-state index contributed by atoms with van der Waals surface area (Å²) in [7, 11) is 0. The van der Waals surface area contributed by atoms with E-state index in [4.69, 9.17) is 5.73 Å². The second kappa shape index (κ2) is 4.31. The smallest absolute Gasteiger partial charge is 0.104 e. The summed E-state index contributed by atoms with van der Waals surface area (Å²) in [6.45, 7) is 3.59. The van der Waals surface area contributed by atoms with Gasteiger partial charge in [0, 0.05) is 12.2 Å². The number of nitrogens with one attached hydrogen (secondary N) is 2. The predicted molar refractivity (Wildman–Crippen MR) is 63.0 cm³/mol. The molecule has 0 aliphatic carbocycles. The van der Waals surface area contributed by atoms with Gasteiger partial charge in [-0.2, -0.15) is 0 Å². The highest BCUT2D eigenvalue weighted by molar-refractivity contribution is 5.79. The van der Waals surface area contributed by atoms with Crippen LogP contribution < -0.4 is 11.1 Å². The summed E-state index contributed by atoms with van der Waals surface area (Å²) in [6.07, 6.45) is 0.986. The third kappa shape index (κ3) is 2.27. The van der Waals surface area contributed by atoms with Crippen molar-refractivity contribution in [2.75, 3.05) is 18.4 Å². The molecule has 0 amide bonds. The van der Waals surface area contributed by atoms with Gasteiger partial charge < -0.3 is 16.0 Å². The molecule has 80 valence electrons. The maximum Gasteiger partial charge on any atom is 0.104 e. The number of nitrogens with zero attached hydrogens (tertiary/aromatic N) is 1. The third-order valence-corrected chi connectivity index (χ3v) is 2.31. The topological polar surface area (TPSA) is 66.7 Å². The molecule has 0 aliphatic heterocycles. The molecule has 0 spiro atoms. The zero-order valence-electron chi connectivity index (χ0n) is 8.88. The van der Waals surface area contributed by atoms with Crippen LogP contribution in [-0.2, 0) is 0 Å². The van der Waals surface area contributed by atoms with E-state index in [2.05, 4.69) is 21.4 Å². The molecule has 4 heteroatoms. The highest BCUT2D eigenvalue weighted by atomic mass is 14.9. The minimum Gasteiger partial charge on any atom is -0.385 e. The Kier molecular flexibility index (Phi) is 2.87. The molecule has 0 saturated carbocycles. The van der Waals surface area contributed by atoms with Gasteiger partial charge in [-0.25, -0.2) is 4.98 Å². The van der Waals surface area contributed by atoms with Gasteiger partial charge >= 0.3 is 0 Å². The number of benzene rings is 1. The SMILES string of the molecule is Cc1nc2ccc(NCCCN)cc2[nH]1. The number of hydrogen-bond donors (Lipinski definition) is 3. The Balaban J connectivity index is 2.15. The molecule has 1 aromatic carbocycles. The average Bonchev–Trinajstić information content (AvgIpc) is 2.57. The molecule has 4 N–H and O–H groups in total. The van der Waals surface area contributed by atoms with Crippen LogP contribution in [0, 0.1) is 6.92 Å². The molecule has 0 fully saturated rings. The van der Waals surface area contributed by atoms with Crippen LogP contribution in [0.1, 0.15) is 12.2 Å². The Morgan fingerprint density at radius 3 is 3.13 bits per heavy atom. The van der Waals surface area contributed by atoms with E-state index in [-0.39, 0.29) is 0 Å². The average molecular weight is 204 g/mol. The summed E-state index contributed by atoms with van der Waals surface area (Å²) in [6, 6.07) is 6.13. The lowest BCUT2D eigenvalue weighted by Crippen LogP contribution is -2.08. The van der Waals surface area contributed by atoms with Gasteiger partial charge in [-0.3, -0.25) is 0 Å². The van der Waals surface area contributed by atoms with Crippen molar-refractivity contribution in [3.05, 3.63) is 24.0 Å². The number of aromatic nitrogens is 2. The Morgan fingerprint density at radius 2 is 2.33 bits per heavy atom. The van der Waals surface area contributed by atoms with Crippen molar-refractivity contribution in [3.63, 3.8) is 0 Å². The van der Waals surface area contributed by atoms with Crippen LogP contribution in [0.2, 0.25) is 0 Å². The Hall–Kier alpha value is -1.55. The van der Waals surface area contributed by atoms with Crippen LogP contribution in [0.5, 0.6) is 0 Å². The lowest BCUT2D eigenvalue weighted by Gasteiger charge is -2.04. The third-order valence-electron chi connectivity index (χ3n) is 2.31. The standard InChI is InChI=1S/C11H16N4/c1-8-14-10-4-3-9(7-11(10)15-8)13-6-2-5-12/h3-4,7,13H,2,5-6,12H2,1H3,(H,14,15). The second-order valence-electron chi connectivity index (χ2n) is 3.62. The van der Waals surface area contributed by atoms with Crippen molar-refractivity contribution in [3.8, 4) is 0 Å². The molecular weight excluding hydrogens is 188 g/mol. The van der Waals surface area contributed by atoms with Crippen LogP contribution in [0.15, 0.2) is 18.2 Å². The van der Waals surface area contributed by atoms with E-state index >= 15 is 0 Å². The van der Waals surface area contributed by atoms with Crippen LogP contribution >= 0.6 is 0 Å². The van der Waals surface area contributed by atoms with Crippen molar-refractivity contribution in [1.82, 2.24) is 9.97 Å². The molecule has 0 unspecified atom stereocenters. The van der Waals surface area contributed by atoms with Crippen molar-refractivity contribution in [1.29, 1.82) is 0 Å². The molecule has 4 nitrogen and oxygen atoms in total. The van der Waals surface area contributed by atoms with E-state index in [0.717, 1.165) is 42.1 Å². The zero-order chi connectivity index (χ0) is 10.7. The van der Waals surface area contributed by atoms with E-state index in [1.165, 1.54) is 0 Å². The van der Waals surface area contributed by atoms with Gasteiger partial charge in [-0.15, -0.1) is 0 Å². The number of nitrogens with two attached hydrogens (primary N) is 1. The fraction of sp³-hybridized carbons (Fsp3) is 0.364. The summed E-state index contributed by atoms with van der Waals surface area (Å²) in [4.78, 5) is 7.56. The van der Waals surface area contributed by atoms with Crippen molar-refractivity contribution in [2.24, 2.45) is 5.73 Å². The number of rotatable bonds is 4. The first-order valence-electron chi connectivity index (χ1n) is 5.20. The summed E-state index contributed by atoms with van der Waals surface area (Å²) in [5.74, 6) is 0.948. The van der Waals surface area contributed by atoms with Gasteiger partial charge in [0.1, 0.15) is 5.82 Å². The summed E-state index contributed by atoms with van der Waals surface area (Å²) >= 11 is 0. The van der Waals surface area contributed by atoms with Crippen LogP contribution in [0.4, 0.5) is 5.69 Å². The minimum atomic E-state index is 0.721. The minimum absolute atomic E-state index is 0.721. The maximum absolute atomic E-state index is 5.43. The number of anilines is 1. The van der Waals surface area contributed by atoms with Crippen LogP contribution in [0.3, 0.4) is 0 Å². The largest absolute Gasteiger partial charge is 0.385 e. The molecular formula is C11H16N4. The van der Waals surface area contributed by atoms with Gasteiger partial charge in [0.15, 0.2) is 0 Å². The van der Waals surface area contributed by atoms with Crippen molar-refractivity contribution in [2.45, 2.75) is 13.3 Å². The number of fused-ring (bicyclic) bond motifs is 1. The number of aryl methyl sites for hydroxylation is 1. The van der Waals surface area contributed by atoms with E-state index in [1.807, 2.05) is 19.1 Å². The lowest BCUT2D eigenvalue weighted by atomic mass is 10.2. The highest BCUT2D eigenvalue weighted by Gasteiger charge is 1.99. The molecule has 0 bridgehead atoms. The fourth-order valence-corrected chi connectivity index (χ4v) is 1.58. The lowest BCUT2D eigenvalue weighted by molar-refractivity contribution is 0.874. The summed E-state index contributed by atoms with van der Waals surface area (Å²) < 4.78 is 0. The van der Waals surface area contributed by atoms with Gasteiger partial charge in [0.25, 0.3) is 0 Å². The monoisotopic (exact) mass is 204 g/mol. The van der Waals surface area contributed by atoms with Gasteiger partial charge in [0.2, 0.25) is 0 Å². The van der Waals surface area contributed by atoms with Crippen molar-refractivity contribution < 1.29 is 0 Å². The number of hydrogen-bond acceptors (Lipinski definition) is 3. The first kappa shape index (κ1) is 9.98.